The molecule has 5 rings (SSSR count). The number of ether oxygens (including phenoxy) is 1. The third-order valence-electron chi connectivity index (χ3n) is 8.98. The number of carboxylic acids is 1. The van der Waals surface area contributed by atoms with Gasteiger partial charge >= 0.3 is 12.1 Å². The molecular weight excluding hydrogens is 584 g/mol. The van der Waals surface area contributed by atoms with E-state index in [4.69, 9.17) is 4.74 Å². The van der Waals surface area contributed by atoms with Crippen LogP contribution in [0.5, 0.6) is 0 Å². The van der Waals surface area contributed by atoms with Crippen LogP contribution in [-0.2, 0) is 25.7 Å². The van der Waals surface area contributed by atoms with Crippen molar-refractivity contribution in [1.29, 1.82) is 0 Å². The molecule has 3 N–H and O–H groups in total. The van der Waals surface area contributed by atoms with Crippen LogP contribution in [0.25, 0.3) is 11.1 Å². The second kappa shape index (κ2) is 14.1. The molecule has 0 aromatic heterocycles. The number of allylic oxidation sites excluding steroid dienone is 1. The Hall–Kier alpha value is -4.18. The topological polar surface area (TPSA) is 128 Å². The van der Waals surface area contributed by atoms with Gasteiger partial charge in [0.05, 0.1) is 0 Å². The highest BCUT2D eigenvalue weighted by atomic mass is 16.6. The molecule has 0 spiro atoms. The Morgan fingerprint density at radius 1 is 1.00 bits per heavy atom. The SMILES string of the molecule is CC(C)(C)OC(=O)N[C@H]1CCCCC/C=C/C2C[C@]2(C(=O)O)NC(=O)[C@@H]2CN(Cc3ccc(-c4ccccc4)cc3)CCN2C1=O. The summed E-state index contributed by atoms with van der Waals surface area (Å²) in [6.45, 7) is 6.85. The first-order valence-corrected chi connectivity index (χ1v) is 16.3. The van der Waals surface area contributed by atoms with Gasteiger partial charge in [-0.15, -0.1) is 0 Å². The van der Waals surface area contributed by atoms with Gasteiger partial charge in [0.15, 0.2) is 0 Å². The zero-order valence-corrected chi connectivity index (χ0v) is 27.0. The lowest BCUT2D eigenvalue weighted by molar-refractivity contribution is -0.149. The molecule has 4 atom stereocenters. The van der Waals surface area contributed by atoms with E-state index in [0.717, 1.165) is 36.0 Å². The molecule has 0 radical (unpaired) electrons. The zero-order chi connectivity index (χ0) is 32.9. The summed E-state index contributed by atoms with van der Waals surface area (Å²) in [7, 11) is 0. The number of alkyl carbamates (subject to hydrolysis) is 1. The molecule has 1 saturated heterocycles. The number of benzene rings is 2. The number of rotatable bonds is 5. The number of carbonyl (C=O) groups excluding carboxylic acids is 3. The van der Waals surface area contributed by atoms with E-state index in [0.29, 0.717) is 32.4 Å². The smallest absolute Gasteiger partial charge is 0.408 e. The Kier molecular flexibility index (Phi) is 10.2. The van der Waals surface area contributed by atoms with Crippen LogP contribution in [0.2, 0.25) is 0 Å². The summed E-state index contributed by atoms with van der Waals surface area (Å²) in [6.07, 6.45) is 7.11. The fourth-order valence-electron chi connectivity index (χ4n) is 6.38. The number of nitrogens with zero attached hydrogens (tertiary/aromatic N) is 2. The van der Waals surface area contributed by atoms with E-state index < -0.39 is 41.2 Å². The van der Waals surface area contributed by atoms with Gasteiger partial charge in [0, 0.05) is 32.1 Å². The minimum atomic E-state index is -1.38. The number of nitrogens with one attached hydrogen (secondary N) is 2. The molecule has 10 heteroatoms. The predicted octanol–water partition coefficient (Wildman–Crippen LogP) is 4.74. The second-order valence-electron chi connectivity index (χ2n) is 13.7. The van der Waals surface area contributed by atoms with Gasteiger partial charge in [-0.25, -0.2) is 9.59 Å². The van der Waals surface area contributed by atoms with Crippen LogP contribution in [0, 0.1) is 5.92 Å². The summed E-state index contributed by atoms with van der Waals surface area (Å²) >= 11 is 0. The molecule has 0 bridgehead atoms. The van der Waals surface area contributed by atoms with Crippen LogP contribution in [0.1, 0.15) is 64.9 Å². The van der Waals surface area contributed by atoms with Crippen LogP contribution in [0.15, 0.2) is 66.7 Å². The maximum absolute atomic E-state index is 14.1. The quantitative estimate of drug-likeness (QED) is 0.407. The molecule has 3 amide bonds. The summed E-state index contributed by atoms with van der Waals surface area (Å²) in [6, 6.07) is 16.6. The van der Waals surface area contributed by atoms with Crippen LogP contribution < -0.4 is 10.6 Å². The highest BCUT2D eigenvalue weighted by molar-refractivity contribution is 5.96. The first-order chi connectivity index (χ1) is 21.9. The highest BCUT2D eigenvalue weighted by Crippen LogP contribution is 2.45. The number of carbonyl (C=O) groups is 4. The molecule has 1 saturated carbocycles. The third-order valence-corrected chi connectivity index (χ3v) is 8.98. The van der Waals surface area contributed by atoms with Gasteiger partial charge < -0.3 is 25.4 Å². The van der Waals surface area contributed by atoms with Gasteiger partial charge in [-0.1, -0.05) is 79.6 Å². The summed E-state index contributed by atoms with van der Waals surface area (Å²) in [5, 5.41) is 15.7. The molecule has 2 fully saturated rings. The van der Waals surface area contributed by atoms with Crippen molar-refractivity contribution >= 4 is 23.9 Å². The van der Waals surface area contributed by atoms with Crippen molar-refractivity contribution in [2.45, 2.75) is 89.1 Å². The lowest BCUT2D eigenvalue weighted by Crippen LogP contribution is -2.65. The third kappa shape index (κ3) is 8.15. The second-order valence-corrected chi connectivity index (χ2v) is 13.7. The van der Waals surface area contributed by atoms with E-state index in [1.807, 2.05) is 30.4 Å². The molecule has 1 aliphatic carbocycles. The molecular formula is C36H46N4O6. The summed E-state index contributed by atoms with van der Waals surface area (Å²) in [5.41, 5.74) is 1.18. The van der Waals surface area contributed by atoms with Gasteiger partial charge in [-0.3, -0.25) is 14.5 Å². The van der Waals surface area contributed by atoms with Crippen LogP contribution in [0.4, 0.5) is 4.79 Å². The number of piperazine rings is 1. The average Bonchev–Trinajstić information content (AvgIpc) is 3.72. The van der Waals surface area contributed by atoms with Gasteiger partial charge in [0.25, 0.3) is 0 Å². The molecule has 46 heavy (non-hydrogen) atoms. The van der Waals surface area contributed by atoms with E-state index in [2.05, 4.69) is 51.9 Å². The van der Waals surface area contributed by atoms with Crippen LogP contribution >= 0.6 is 0 Å². The van der Waals surface area contributed by atoms with Crippen molar-refractivity contribution in [2.24, 2.45) is 5.92 Å². The molecule has 246 valence electrons. The fraction of sp³-hybridized carbons (Fsp3) is 0.500. The van der Waals surface area contributed by atoms with Gasteiger partial charge in [0.2, 0.25) is 11.8 Å². The Balaban J connectivity index is 1.38. The van der Waals surface area contributed by atoms with Gasteiger partial charge in [0.1, 0.15) is 23.2 Å². The zero-order valence-electron chi connectivity index (χ0n) is 27.0. The highest BCUT2D eigenvalue weighted by Gasteiger charge is 2.61. The average molecular weight is 631 g/mol. The maximum atomic E-state index is 14.1. The summed E-state index contributed by atoms with van der Waals surface area (Å²) < 4.78 is 5.47. The maximum Gasteiger partial charge on any atom is 0.408 e. The number of hydrogen-bond donors (Lipinski definition) is 3. The molecule has 2 aliphatic heterocycles. The molecule has 1 unspecified atom stereocenters. The number of fused-ring (bicyclic) bond motifs is 2. The monoisotopic (exact) mass is 630 g/mol. The minimum absolute atomic E-state index is 0.230. The number of aliphatic carboxylic acids is 1. The van der Waals surface area contributed by atoms with E-state index in [1.54, 1.807) is 20.8 Å². The molecule has 3 aliphatic rings. The summed E-state index contributed by atoms with van der Waals surface area (Å²) in [4.78, 5) is 56.9. The first-order valence-electron chi connectivity index (χ1n) is 16.3. The Bertz CT molecular complexity index is 1440. The molecule has 2 heterocycles. The molecule has 10 nitrogen and oxygen atoms in total. The van der Waals surface area contributed by atoms with Crippen molar-refractivity contribution in [3.8, 4) is 11.1 Å². The molecule has 2 aromatic rings. The standard InChI is InChI=1S/C36H46N4O6/c1-35(2,3)46-34(45)37-29-15-11-6-4-5-10-14-28-22-36(28,33(43)44)38-31(41)30-24-39(20-21-40(30)32(29)42)23-25-16-18-27(19-17-25)26-12-8-7-9-13-26/h7-10,12-14,16-19,28-30H,4-6,11,15,20-24H2,1-3H3,(H,37,45)(H,38,41)(H,43,44)/b14-10+/t28?,29-,30-,36-/m0/s1. The Morgan fingerprint density at radius 2 is 1.72 bits per heavy atom. The van der Waals surface area contributed by atoms with E-state index >= 15 is 0 Å². The van der Waals surface area contributed by atoms with Crippen molar-refractivity contribution < 1.29 is 29.0 Å². The normalized spacial score (nSPS) is 26.8. The Labute approximate surface area is 271 Å². The lowest BCUT2D eigenvalue weighted by atomic mass is 10.0. The fourth-order valence-corrected chi connectivity index (χ4v) is 6.38. The number of hydrogen-bond acceptors (Lipinski definition) is 6. The predicted molar refractivity (Wildman–Crippen MR) is 175 cm³/mol. The van der Waals surface area contributed by atoms with Gasteiger partial charge in [-0.2, -0.15) is 0 Å². The van der Waals surface area contributed by atoms with Crippen molar-refractivity contribution in [2.75, 3.05) is 19.6 Å². The van der Waals surface area contributed by atoms with Crippen molar-refractivity contribution in [3.05, 3.63) is 72.3 Å². The van der Waals surface area contributed by atoms with Crippen molar-refractivity contribution in [1.82, 2.24) is 20.4 Å². The summed E-state index contributed by atoms with van der Waals surface area (Å²) in [5.74, 6) is -2.23. The van der Waals surface area contributed by atoms with Gasteiger partial charge in [-0.05, 0) is 63.1 Å². The molecule has 2 aromatic carbocycles. The number of amides is 3. The number of carboxylic acid groups (broad SMARTS) is 1. The largest absolute Gasteiger partial charge is 0.479 e. The van der Waals surface area contributed by atoms with E-state index in [1.165, 1.54) is 4.90 Å². The van der Waals surface area contributed by atoms with Crippen LogP contribution in [-0.4, -0.2) is 81.6 Å². The van der Waals surface area contributed by atoms with Crippen molar-refractivity contribution in [3.63, 3.8) is 0 Å². The minimum Gasteiger partial charge on any atom is -0.479 e. The van der Waals surface area contributed by atoms with E-state index in [-0.39, 0.29) is 24.9 Å². The first kappa shape index (κ1) is 33.2. The van der Waals surface area contributed by atoms with Crippen LogP contribution in [0.3, 0.4) is 0 Å². The lowest BCUT2D eigenvalue weighted by Gasteiger charge is -2.42. The Morgan fingerprint density at radius 3 is 2.41 bits per heavy atom. The van der Waals surface area contributed by atoms with E-state index in [9.17, 15) is 24.3 Å².